The van der Waals surface area contributed by atoms with Crippen molar-refractivity contribution in [2.45, 2.75) is 26.9 Å². The number of allylic oxidation sites excluding steroid dienone is 1. The lowest BCUT2D eigenvalue weighted by Gasteiger charge is -2.08. The van der Waals surface area contributed by atoms with Crippen LogP contribution >= 0.6 is 11.6 Å². The Kier molecular flexibility index (Phi) is 4.83. The molecule has 0 aromatic rings. The van der Waals surface area contributed by atoms with E-state index in [0.717, 1.165) is 5.03 Å². The predicted molar refractivity (Wildman–Crippen MR) is 40.7 cm³/mol. The van der Waals surface area contributed by atoms with Crippen molar-refractivity contribution < 1.29 is 4.74 Å². The highest BCUT2D eigenvalue weighted by Crippen LogP contribution is 2.09. The summed E-state index contributed by atoms with van der Waals surface area (Å²) in [6, 6.07) is 0. The zero-order chi connectivity index (χ0) is 7.28. The molecule has 0 aromatic heterocycles. The molecule has 0 fully saturated rings. The Bertz CT molecular complexity index is 99.1. The summed E-state index contributed by atoms with van der Waals surface area (Å²) in [6.07, 6.45) is 1.91. The minimum atomic E-state index is 0.0571. The topological polar surface area (TPSA) is 9.23 Å². The van der Waals surface area contributed by atoms with Gasteiger partial charge in [0.15, 0.2) is 0 Å². The summed E-state index contributed by atoms with van der Waals surface area (Å²) >= 11 is 5.73. The standard InChI is InChI=1S/C7H13ClO/c1-4-7(8)6(3)9-5-2/h4,6H,5H2,1-3H3. The van der Waals surface area contributed by atoms with Crippen LogP contribution in [0.4, 0.5) is 0 Å². The molecule has 0 aliphatic rings. The molecule has 1 unspecified atom stereocenters. The van der Waals surface area contributed by atoms with Crippen molar-refractivity contribution in [1.29, 1.82) is 0 Å². The molecule has 1 nitrogen and oxygen atoms in total. The molecule has 1 atom stereocenters. The molecular weight excluding hydrogens is 136 g/mol. The lowest BCUT2D eigenvalue weighted by Crippen LogP contribution is -2.07. The van der Waals surface area contributed by atoms with Gasteiger partial charge in [-0.3, -0.25) is 0 Å². The summed E-state index contributed by atoms with van der Waals surface area (Å²) in [4.78, 5) is 0. The number of ether oxygens (including phenoxy) is 1. The Morgan fingerprint density at radius 3 is 2.67 bits per heavy atom. The first-order valence-electron chi connectivity index (χ1n) is 3.15. The van der Waals surface area contributed by atoms with Gasteiger partial charge in [0.05, 0.1) is 6.10 Å². The molecule has 0 amide bonds. The number of hydrogen-bond donors (Lipinski definition) is 0. The van der Waals surface area contributed by atoms with Gasteiger partial charge in [0.2, 0.25) is 0 Å². The second-order valence-corrected chi connectivity index (χ2v) is 2.21. The molecule has 0 saturated carbocycles. The lowest BCUT2D eigenvalue weighted by molar-refractivity contribution is 0.106. The summed E-state index contributed by atoms with van der Waals surface area (Å²) < 4.78 is 5.19. The molecule has 0 rings (SSSR count). The van der Waals surface area contributed by atoms with Gasteiger partial charge < -0.3 is 4.74 Å². The number of rotatable bonds is 3. The van der Waals surface area contributed by atoms with E-state index in [1.54, 1.807) is 0 Å². The fraction of sp³-hybridized carbons (Fsp3) is 0.714. The highest BCUT2D eigenvalue weighted by molar-refractivity contribution is 6.30. The molecule has 0 heterocycles. The fourth-order valence-corrected chi connectivity index (χ4v) is 0.627. The highest BCUT2D eigenvalue weighted by Gasteiger charge is 2.02. The number of halogens is 1. The molecular formula is C7H13ClO. The maximum absolute atomic E-state index is 5.73. The van der Waals surface area contributed by atoms with Gasteiger partial charge in [-0.2, -0.15) is 0 Å². The van der Waals surface area contributed by atoms with Gasteiger partial charge in [0, 0.05) is 11.6 Å². The van der Waals surface area contributed by atoms with Crippen LogP contribution in [0.3, 0.4) is 0 Å². The molecule has 2 heteroatoms. The zero-order valence-electron chi connectivity index (χ0n) is 6.15. The van der Waals surface area contributed by atoms with Crippen LogP contribution in [0.5, 0.6) is 0 Å². The first-order chi connectivity index (χ1) is 4.22. The van der Waals surface area contributed by atoms with E-state index < -0.39 is 0 Å². The zero-order valence-corrected chi connectivity index (χ0v) is 6.90. The smallest absolute Gasteiger partial charge is 0.0898 e. The van der Waals surface area contributed by atoms with E-state index in [2.05, 4.69) is 0 Å². The largest absolute Gasteiger partial charge is 0.373 e. The molecule has 0 aromatic carbocycles. The van der Waals surface area contributed by atoms with Gasteiger partial charge in [-0.25, -0.2) is 0 Å². The highest BCUT2D eigenvalue weighted by atomic mass is 35.5. The summed E-state index contributed by atoms with van der Waals surface area (Å²) in [6.45, 7) is 6.51. The van der Waals surface area contributed by atoms with Crippen LogP contribution in [-0.4, -0.2) is 12.7 Å². The van der Waals surface area contributed by atoms with Crippen LogP contribution in [0.15, 0.2) is 11.1 Å². The second kappa shape index (κ2) is 4.83. The van der Waals surface area contributed by atoms with Crippen LogP contribution in [0.1, 0.15) is 20.8 Å². The molecule has 0 bridgehead atoms. The van der Waals surface area contributed by atoms with Gasteiger partial charge in [0.1, 0.15) is 0 Å². The fourth-order valence-electron chi connectivity index (χ4n) is 0.564. The average Bonchev–Trinajstić information content (AvgIpc) is 1.87. The van der Waals surface area contributed by atoms with Gasteiger partial charge in [-0.05, 0) is 20.8 Å². The molecule has 54 valence electrons. The van der Waals surface area contributed by atoms with Gasteiger partial charge in [0.25, 0.3) is 0 Å². The van der Waals surface area contributed by atoms with Crippen molar-refractivity contribution in [1.82, 2.24) is 0 Å². The summed E-state index contributed by atoms with van der Waals surface area (Å²) in [5.41, 5.74) is 0. The van der Waals surface area contributed by atoms with Crippen molar-refractivity contribution in [3.8, 4) is 0 Å². The SMILES string of the molecule is CC=C(Cl)C(C)OCC. The van der Waals surface area contributed by atoms with E-state index in [1.165, 1.54) is 0 Å². The minimum absolute atomic E-state index is 0.0571. The van der Waals surface area contributed by atoms with E-state index in [9.17, 15) is 0 Å². The Morgan fingerprint density at radius 1 is 1.78 bits per heavy atom. The van der Waals surface area contributed by atoms with Crippen molar-refractivity contribution >= 4 is 11.6 Å². The van der Waals surface area contributed by atoms with Crippen LogP contribution in [-0.2, 0) is 4.74 Å². The molecule has 9 heavy (non-hydrogen) atoms. The normalized spacial score (nSPS) is 15.8. The maximum atomic E-state index is 5.73. The molecule has 0 radical (unpaired) electrons. The van der Waals surface area contributed by atoms with Crippen molar-refractivity contribution in [3.05, 3.63) is 11.1 Å². The Balaban J connectivity index is 3.59. The van der Waals surface area contributed by atoms with Crippen LogP contribution in [0.25, 0.3) is 0 Å². The van der Waals surface area contributed by atoms with Crippen molar-refractivity contribution in [2.75, 3.05) is 6.61 Å². The Labute approximate surface area is 61.7 Å². The molecule has 0 aliphatic heterocycles. The Hall–Kier alpha value is -0.0100. The first-order valence-corrected chi connectivity index (χ1v) is 3.53. The maximum Gasteiger partial charge on any atom is 0.0898 e. The van der Waals surface area contributed by atoms with Crippen LogP contribution < -0.4 is 0 Å². The molecule has 0 aliphatic carbocycles. The molecule has 0 N–H and O–H groups in total. The van der Waals surface area contributed by atoms with Crippen molar-refractivity contribution in [2.24, 2.45) is 0 Å². The second-order valence-electron chi connectivity index (χ2n) is 1.77. The molecule has 0 saturated heterocycles. The summed E-state index contributed by atoms with van der Waals surface area (Å²) in [7, 11) is 0. The van der Waals surface area contributed by atoms with Crippen LogP contribution in [0, 0.1) is 0 Å². The first kappa shape index (κ1) is 8.99. The van der Waals surface area contributed by atoms with Crippen LogP contribution in [0.2, 0.25) is 0 Å². The minimum Gasteiger partial charge on any atom is -0.373 e. The Morgan fingerprint density at radius 2 is 2.33 bits per heavy atom. The third kappa shape index (κ3) is 3.55. The average molecular weight is 149 g/mol. The van der Waals surface area contributed by atoms with E-state index in [-0.39, 0.29) is 6.10 Å². The monoisotopic (exact) mass is 148 g/mol. The quantitative estimate of drug-likeness (QED) is 0.598. The third-order valence-corrected chi connectivity index (χ3v) is 1.61. The summed E-state index contributed by atoms with van der Waals surface area (Å²) in [5.74, 6) is 0. The van der Waals surface area contributed by atoms with E-state index in [4.69, 9.17) is 16.3 Å². The van der Waals surface area contributed by atoms with E-state index in [0.29, 0.717) is 6.61 Å². The summed E-state index contributed by atoms with van der Waals surface area (Å²) in [5, 5.41) is 0.775. The third-order valence-electron chi connectivity index (χ3n) is 1.08. The lowest BCUT2D eigenvalue weighted by atomic mass is 10.3. The van der Waals surface area contributed by atoms with E-state index >= 15 is 0 Å². The van der Waals surface area contributed by atoms with Gasteiger partial charge >= 0.3 is 0 Å². The number of hydrogen-bond acceptors (Lipinski definition) is 1. The van der Waals surface area contributed by atoms with E-state index in [1.807, 2.05) is 26.8 Å². The van der Waals surface area contributed by atoms with Gasteiger partial charge in [-0.15, -0.1) is 0 Å². The predicted octanol–water partition coefficient (Wildman–Crippen LogP) is 2.55. The van der Waals surface area contributed by atoms with Gasteiger partial charge in [-0.1, -0.05) is 17.7 Å². The molecule has 0 spiro atoms. The van der Waals surface area contributed by atoms with Crippen molar-refractivity contribution in [3.63, 3.8) is 0 Å².